The van der Waals surface area contributed by atoms with Crippen molar-refractivity contribution in [2.75, 3.05) is 11.9 Å². The molecule has 0 aliphatic rings. The van der Waals surface area contributed by atoms with Gasteiger partial charge in [0.15, 0.2) is 5.16 Å². The molecule has 7 nitrogen and oxygen atoms in total. The van der Waals surface area contributed by atoms with Crippen LogP contribution < -0.4 is 5.32 Å². The van der Waals surface area contributed by atoms with Gasteiger partial charge in [0.2, 0.25) is 0 Å². The van der Waals surface area contributed by atoms with Crippen LogP contribution in [0.2, 0.25) is 0 Å². The lowest BCUT2D eigenvalue weighted by Crippen LogP contribution is -2.02. The summed E-state index contributed by atoms with van der Waals surface area (Å²) in [5.41, 5.74) is 0.581. The predicted octanol–water partition coefficient (Wildman–Crippen LogP) is 2.31. The van der Waals surface area contributed by atoms with Crippen molar-refractivity contribution in [2.24, 2.45) is 7.05 Å². The highest BCUT2D eigenvalue weighted by molar-refractivity contribution is 7.99. The molecule has 1 aromatic carbocycles. The molecule has 2 aromatic rings. The molecular formula is C11H13N5O2S. The smallest absolute Gasteiger partial charge is 0.306 e. The number of hydrogen-bond acceptors (Lipinski definition) is 6. The summed E-state index contributed by atoms with van der Waals surface area (Å²) in [6.45, 7) is 2.52. The number of benzene rings is 1. The summed E-state index contributed by atoms with van der Waals surface area (Å²) < 4.78 is 1.58. The van der Waals surface area contributed by atoms with E-state index in [4.69, 9.17) is 0 Å². The van der Waals surface area contributed by atoms with E-state index in [0.29, 0.717) is 22.3 Å². The number of anilines is 1. The second-order valence-electron chi connectivity index (χ2n) is 3.71. The van der Waals surface area contributed by atoms with Crippen LogP contribution in [0.25, 0.3) is 0 Å². The third-order valence-electron chi connectivity index (χ3n) is 2.42. The van der Waals surface area contributed by atoms with Crippen LogP contribution in [0.4, 0.5) is 11.4 Å². The molecule has 0 spiro atoms. The van der Waals surface area contributed by atoms with Gasteiger partial charge in [-0.3, -0.25) is 10.1 Å². The van der Waals surface area contributed by atoms with Gasteiger partial charge in [0.25, 0.3) is 0 Å². The fraction of sp³-hybridized carbons (Fsp3) is 0.273. The Kier molecular flexibility index (Phi) is 4.00. The maximum absolute atomic E-state index is 11.2. The fourth-order valence-electron chi connectivity index (χ4n) is 1.60. The van der Waals surface area contributed by atoms with Crippen LogP contribution >= 0.6 is 11.8 Å². The van der Waals surface area contributed by atoms with Gasteiger partial charge >= 0.3 is 5.69 Å². The molecule has 2 rings (SSSR count). The first kappa shape index (κ1) is 13.3. The molecule has 100 valence electrons. The van der Waals surface area contributed by atoms with Gasteiger partial charge in [-0.25, -0.2) is 9.67 Å². The highest BCUT2D eigenvalue weighted by Crippen LogP contribution is 2.38. The highest BCUT2D eigenvalue weighted by atomic mass is 32.2. The minimum absolute atomic E-state index is 0.0670. The van der Waals surface area contributed by atoms with Crippen molar-refractivity contribution in [3.63, 3.8) is 0 Å². The summed E-state index contributed by atoms with van der Waals surface area (Å²) in [5.74, 6) is 0. The molecule has 1 heterocycles. The van der Waals surface area contributed by atoms with Gasteiger partial charge < -0.3 is 5.32 Å². The Bertz CT molecular complexity index is 599. The van der Waals surface area contributed by atoms with Gasteiger partial charge in [-0.05, 0) is 30.8 Å². The minimum atomic E-state index is -0.378. The molecule has 0 aliphatic heterocycles. The molecule has 0 amide bonds. The third kappa shape index (κ3) is 2.84. The third-order valence-corrected chi connectivity index (χ3v) is 3.52. The molecular weight excluding hydrogens is 266 g/mol. The first-order chi connectivity index (χ1) is 9.13. The summed E-state index contributed by atoms with van der Waals surface area (Å²) in [7, 11) is 1.75. The first-order valence-corrected chi connectivity index (χ1v) is 6.48. The van der Waals surface area contributed by atoms with Crippen LogP contribution in [-0.2, 0) is 7.05 Å². The molecule has 8 heteroatoms. The molecule has 0 bridgehead atoms. The average Bonchev–Trinajstić information content (AvgIpc) is 2.75. The maximum Gasteiger partial charge on any atom is 0.306 e. The second-order valence-corrected chi connectivity index (χ2v) is 4.72. The minimum Gasteiger partial charge on any atom is -0.380 e. The van der Waals surface area contributed by atoms with Gasteiger partial charge in [0.1, 0.15) is 12.0 Å². The van der Waals surface area contributed by atoms with Crippen molar-refractivity contribution < 1.29 is 4.92 Å². The Balaban J connectivity index is 2.42. The number of hydrogen-bond donors (Lipinski definition) is 1. The first-order valence-electron chi connectivity index (χ1n) is 5.66. The van der Waals surface area contributed by atoms with Gasteiger partial charge in [-0.2, -0.15) is 5.10 Å². The molecule has 0 atom stereocenters. The predicted molar refractivity (Wildman–Crippen MR) is 72.4 cm³/mol. The summed E-state index contributed by atoms with van der Waals surface area (Å²) in [4.78, 5) is 15.5. The number of nitrogens with zero attached hydrogens (tertiary/aromatic N) is 4. The topological polar surface area (TPSA) is 85.9 Å². The van der Waals surface area contributed by atoms with Gasteiger partial charge in [-0.1, -0.05) is 6.07 Å². The normalized spacial score (nSPS) is 10.4. The molecule has 1 N–H and O–H groups in total. The fourth-order valence-corrected chi connectivity index (χ4v) is 2.51. The summed E-state index contributed by atoms with van der Waals surface area (Å²) in [6, 6.07) is 5.18. The van der Waals surface area contributed by atoms with Crippen molar-refractivity contribution in [3.05, 3.63) is 34.6 Å². The van der Waals surface area contributed by atoms with E-state index in [1.165, 1.54) is 18.1 Å². The van der Waals surface area contributed by atoms with E-state index in [1.807, 2.05) is 6.92 Å². The van der Waals surface area contributed by atoms with Gasteiger partial charge in [0.05, 0.1) is 9.82 Å². The van der Waals surface area contributed by atoms with Crippen molar-refractivity contribution in [3.8, 4) is 0 Å². The van der Waals surface area contributed by atoms with E-state index < -0.39 is 0 Å². The van der Waals surface area contributed by atoms with Gasteiger partial charge in [-0.15, -0.1) is 0 Å². The Morgan fingerprint density at radius 1 is 1.53 bits per heavy atom. The SMILES string of the molecule is CCNc1cccc(Sc2ncnn2C)c1[N+](=O)[O-]. The largest absolute Gasteiger partial charge is 0.380 e. The van der Waals surface area contributed by atoms with Crippen molar-refractivity contribution in [2.45, 2.75) is 17.0 Å². The quantitative estimate of drug-likeness (QED) is 0.667. The van der Waals surface area contributed by atoms with E-state index in [2.05, 4.69) is 15.4 Å². The number of para-hydroxylation sites is 1. The Labute approximate surface area is 114 Å². The van der Waals surface area contributed by atoms with E-state index in [-0.39, 0.29) is 10.6 Å². The molecule has 0 unspecified atom stereocenters. The van der Waals surface area contributed by atoms with E-state index in [1.54, 1.807) is 29.9 Å². The Morgan fingerprint density at radius 3 is 2.89 bits per heavy atom. The molecule has 0 saturated heterocycles. The number of nitrogens with one attached hydrogen (secondary N) is 1. The van der Waals surface area contributed by atoms with Crippen molar-refractivity contribution in [1.29, 1.82) is 0 Å². The van der Waals surface area contributed by atoms with Crippen LogP contribution in [0.5, 0.6) is 0 Å². The highest BCUT2D eigenvalue weighted by Gasteiger charge is 2.21. The van der Waals surface area contributed by atoms with Crippen LogP contribution in [0.1, 0.15) is 6.92 Å². The number of aryl methyl sites for hydroxylation is 1. The standard InChI is InChI=1S/C11H13N5O2S/c1-3-12-8-5-4-6-9(10(8)16(17)18)19-11-13-7-14-15(11)2/h4-7,12H,3H2,1-2H3. The Hall–Kier alpha value is -2.09. The summed E-state index contributed by atoms with van der Waals surface area (Å²) in [6.07, 6.45) is 1.42. The van der Waals surface area contributed by atoms with E-state index in [9.17, 15) is 10.1 Å². The van der Waals surface area contributed by atoms with Crippen molar-refractivity contribution >= 4 is 23.1 Å². The van der Waals surface area contributed by atoms with Crippen LogP contribution in [-0.4, -0.2) is 26.2 Å². The number of aromatic nitrogens is 3. The molecule has 0 aliphatic carbocycles. The molecule has 0 radical (unpaired) electrons. The molecule has 19 heavy (non-hydrogen) atoms. The lowest BCUT2D eigenvalue weighted by Gasteiger charge is -2.07. The molecule has 1 aromatic heterocycles. The number of nitro groups is 1. The molecule has 0 saturated carbocycles. The van der Waals surface area contributed by atoms with Crippen LogP contribution in [0, 0.1) is 10.1 Å². The average molecular weight is 279 g/mol. The van der Waals surface area contributed by atoms with Gasteiger partial charge in [0, 0.05) is 13.6 Å². The lowest BCUT2D eigenvalue weighted by molar-refractivity contribution is -0.386. The zero-order chi connectivity index (χ0) is 13.8. The molecule has 0 fully saturated rings. The number of rotatable bonds is 5. The second kappa shape index (κ2) is 5.70. The number of nitro benzene ring substituents is 1. The lowest BCUT2D eigenvalue weighted by atomic mass is 10.2. The Morgan fingerprint density at radius 2 is 2.32 bits per heavy atom. The monoisotopic (exact) mass is 279 g/mol. The van der Waals surface area contributed by atoms with E-state index >= 15 is 0 Å². The summed E-state index contributed by atoms with van der Waals surface area (Å²) in [5, 5.41) is 18.8. The van der Waals surface area contributed by atoms with E-state index in [0.717, 1.165) is 0 Å². The van der Waals surface area contributed by atoms with Crippen molar-refractivity contribution in [1.82, 2.24) is 14.8 Å². The van der Waals surface area contributed by atoms with Crippen LogP contribution in [0.3, 0.4) is 0 Å². The zero-order valence-corrected chi connectivity index (χ0v) is 11.3. The van der Waals surface area contributed by atoms with Crippen LogP contribution in [0.15, 0.2) is 34.6 Å². The maximum atomic E-state index is 11.2. The zero-order valence-electron chi connectivity index (χ0n) is 10.5. The summed E-state index contributed by atoms with van der Waals surface area (Å²) >= 11 is 1.22.